The number of benzene rings is 1. The Balaban J connectivity index is 1.73. The maximum absolute atomic E-state index is 12.6. The van der Waals surface area contributed by atoms with Crippen molar-refractivity contribution >= 4 is 29.2 Å². The molecule has 9 heteroatoms. The van der Waals surface area contributed by atoms with Gasteiger partial charge < -0.3 is 25.6 Å². The van der Waals surface area contributed by atoms with Crippen molar-refractivity contribution < 1.29 is 14.3 Å². The number of nitrogens with one attached hydrogen (secondary N) is 3. The molecular weight excluding hydrogens is 406 g/mol. The number of pyridine rings is 1. The van der Waals surface area contributed by atoms with Gasteiger partial charge in [0, 0.05) is 41.5 Å². The lowest BCUT2D eigenvalue weighted by Gasteiger charge is -2.38. The van der Waals surface area contributed by atoms with Gasteiger partial charge in [0.05, 0.1) is 19.9 Å². The first-order valence-corrected chi connectivity index (χ1v) is 10.1. The van der Waals surface area contributed by atoms with Crippen molar-refractivity contribution in [3.8, 4) is 5.75 Å². The van der Waals surface area contributed by atoms with Crippen molar-refractivity contribution in [3.05, 3.63) is 53.3 Å². The molecule has 0 unspecified atom stereocenters. The molecular formula is C21H26ClN5O3. The smallest absolute Gasteiger partial charge is 0.319 e. The van der Waals surface area contributed by atoms with E-state index in [0.717, 1.165) is 5.69 Å². The lowest BCUT2D eigenvalue weighted by Crippen LogP contribution is -2.53. The Hall–Kier alpha value is -2.84. The summed E-state index contributed by atoms with van der Waals surface area (Å²) in [5.41, 5.74) is 1.45. The molecule has 0 radical (unpaired) electrons. The summed E-state index contributed by atoms with van der Waals surface area (Å²) in [7, 11) is 3.33. The Morgan fingerprint density at radius 1 is 1.23 bits per heavy atom. The van der Waals surface area contributed by atoms with E-state index in [4.69, 9.17) is 16.3 Å². The Kier molecular flexibility index (Phi) is 7.48. The van der Waals surface area contributed by atoms with Crippen LogP contribution in [0.1, 0.15) is 18.0 Å². The van der Waals surface area contributed by atoms with Crippen LogP contribution < -0.4 is 20.7 Å². The van der Waals surface area contributed by atoms with E-state index in [1.807, 2.05) is 17.0 Å². The highest BCUT2D eigenvalue weighted by molar-refractivity contribution is 6.30. The van der Waals surface area contributed by atoms with Crippen molar-refractivity contribution in [1.29, 1.82) is 0 Å². The molecule has 0 aliphatic carbocycles. The van der Waals surface area contributed by atoms with Gasteiger partial charge in [0.1, 0.15) is 5.75 Å². The summed E-state index contributed by atoms with van der Waals surface area (Å²) in [6.07, 6.45) is 2.27. The molecule has 3 amide bonds. The van der Waals surface area contributed by atoms with Crippen LogP contribution in [0.25, 0.3) is 0 Å². The summed E-state index contributed by atoms with van der Waals surface area (Å²) < 4.78 is 5.19. The number of hydrogen-bond donors (Lipinski definition) is 3. The van der Waals surface area contributed by atoms with Crippen molar-refractivity contribution in [3.63, 3.8) is 0 Å². The van der Waals surface area contributed by atoms with Gasteiger partial charge in [-0.3, -0.25) is 9.78 Å². The van der Waals surface area contributed by atoms with E-state index in [1.165, 1.54) is 0 Å². The molecule has 2 heterocycles. The van der Waals surface area contributed by atoms with E-state index >= 15 is 0 Å². The number of ether oxygens (including phenoxy) is 1. The van der Waals surface area contributed by atoms with E-state index < -0.39 is 0 Å². The standard InChI is InChI=1S/C21H26ClN5O3/c1-23-12-20(28)27-10-9-19(17(13-27)18-8-7-16(30-2)11-24-18)26-21(29)25-15-5-3-14(22)4-6-15/h3-8,11,17,19,23H,9-10,12-13H2,1-2H3,(H2,25,26,29)/t17-,19+/m0/s1. The third-order valence-corrected chi connectivity index (χ3v) is 5.34. The number of nitrogens with zero attached hydrogens (tertiary/aromatic N) is 2. The molecule has 1 fully saturated rings. The third-order valence-electron chi connectivity index (χ3n) is 5.09. The van der Waals surface area contributed by atoms with Crippen molar-refractivity contribution in [2.24, 2.45) is 0 Å². The molecule has 2 atom stereocenters. The molecule has 3 rings (SSSR count). The number of urea groups is 1. The van der Waals surface area contributed by atoms with Crippen LogP contribution in [-0.2, 0) is 4.79 Å². The largest absolute Gasteiger partial charge is 0.495 e. The lowest BCUT2D eigenvalue weighted by atomic mass is 9.88. The van der Waals surface area contributed by atoms with Crippen LogP contribution in [0.5, 0.6) is 5.75 Å². The number of carbonyl (C=O) groups excluding carboxylic acids is 2. The van der Waals surface area contributed by atoms with Crippen LogP contribution >= 0.6 is 11.6 Å². The van der Waals surface area contributed by atoms with E-state index in [9.17, 15) is 9.59 Å². The van der Waals surface area contributed by atoms with E-state index in [0.29, 0.717) is 36.0 Å². The first kappa shape index (κ1) is 21.9. The summed E-state index contributed by atoms with van der Waals surface area (Å²) in [6, 6.07) is 10.1. The maximum atomic E-state index is 12.6. The summed E-state index contributed by atoms with van der Waals surface area (Å²) in [5.74, 6) is 0.546. The van der Waals surface area contributed by atoms with Gasteiger partial charge in [-0.2, -0.15) is 0 Å². The van der Waals surface area contributed by atoms with Gasteiger partial charge in [-0.15, -0.1) is 0 Å². The number of carbonyl (C=O) groups is 2. The molecule has 1 aliphatic rings. The molecule has 1 aromatic carbocycles. The number of piperidine rings is 1. The molecule has 8 nitrogen and oxygen atoms in total. The number of hydrogen-bond acceptors (Lipinski definition) is 5. The zero-order valence-corrected chi connectivity index (χ0v) is 17.8. The number of aromatic nitrogens is 1. The number of halogens is 1. The average molecular weight is 432 g/mol. The Morgan fingerprint density at radius 3 is 2.63 bits per heavy atom. The predicted molar refractivity (Wildman–Crippen MR) is 116 cm³/mol. The average Bonchev–Trinajstić information content (AvgIpc) is 2.76. The van der Waals surface area contributed by atoms with Crippen LogP contribution in [0, 0.1) is 0 Å². The highest BCUT2D eigenvalue weighted by Crippen LogP contribution is 2.27. The minimum absolute atomic E-state index is 0.0278. The zero-order valence-electron chi connectivity index (χ0n) is 17.0. The molecule has 30 heavy (non-hydrogen) atoms. The molecule has 1 aliphatic heterocycles. The van der Waals surface area contributed by atoms with Gasteiger partial charge in [-0.25, -0.2) is 4.79 Å². The van der Waals surface area contributed by atoms with Crippen LogP contribution in [0.15, 0.2) is 42.6 Å². The van der Waals surface area contributed by atoms with Crippen LogP contribution in [0.2, 0.25) is 5.02 Å². The SMILES string of the molecule is CNCC(=O)N1CC[C@@H](NC(=O)Nc2ccc(Cl)cc2)[C@H](c2ccc(OC)cn2)C1. The maximum Gasteiger partial charge on any atom is 0.319 e. The number of rotatable bonds is 6. The first-order valence-electron chi connectivity index (χ1n) is 9.75. The van der Waals surface area contributed by atoms with Crippen LogP contribution in [0.4, 0.5) is 10.5 Å². The van der Waals surface area contributed by atoms with E-state index in [1.54, 1.807) is 44.6 Å². The topological polar surface area (TPSA) is 95.6 Å². The Labute approximate surface area is 181 Å². The fourth-order valence-electron chi connectivity index (χ4n) is 3.51. The second-order valence-corrected chi connectivity index (χ2v) is 7.54. The predicted octanol–water partition coefficient (Wildman–Crippen LogP) is 2.47. The quantitative estimate of drug-likeness (QED) is 0.653. The number of methoxy groups -OCH3 is 1. The molecule has 0 saturated carbocycles. The molecule has 1 saturated heterocycles. The number of likely N-dealkylation sites (tertiary alicyclic amines) is 1. The normalized spacial score (nSPS) is 18.6. The highest BCUT2D eigenvalue weighted by Gasteiger charge is 2.34. The Morgan fingerprint density at radius 2 is 2.00 bits per heavy atom. The van der Waals surface area contributed by atoms with E-state index in [-0.39, 0.29) is 30.4 Å². The Bertz CT molecular complexity index is 860. The van der Waals surface area contributed by atoms with Crippen molar-refractivity contribution in [2.45, 2.75) is 18.4 Å². The number of anilines is 1. The van der Waals surface area contributed by atoms with Gasteiger partial charge in [-0.05, 0) is 49.9 Å². The molecule has 160 valence electrons. The summed E-state index contributed by atoms with van der Waals surface area (Å²) in [4.78, 5) is 31.3. The molecule has 3 N–H and O–H groups in total. The second-order valence-electron chi connectivity index (χ2n) is 7.10. The summed E-state index contributed by atoms with van der Waals surface area (Å²) in [6.45, 7) is 1.32. The molecule has 1 aromatic heterocycles. The van der Waals surface area contributed by atoms with Gasteiger partial charge in [0.25, 0.3) is 0 Å². The van der Waals surface area contributed by atoms with Crippen LogP contribution in [-0.4, -0.2) is 61.7 Å². The number of amides is 3. The fraction of sp³-hybridized carbons (Fsp3) is 0.381. The summed E-state index contributed by atoms with van der Waals surface area (Å²) in [5, 5.41) is 9.36. The van der Waals surface area contributed by atoms with Gasteiger partial charge in [0.2, 0.25) is 5.91 Å². The summed E-state index contributed by atoms with van der Waals surface area (Å²) >= 11 is 5.89. The van der Waals surface area contributed by atoms with Gasteiger partial charge in [0.15, 0.2) is 0 Å². The van der Waals surface area contributed by atoms with Gasteiger partial charge >= 0.3 is 6.03 Å². The minimum atomic E-state index is -0.309. The van der Waals surface area contributed by atoms with Gasteiger partial charge in [-0.1, -0.05) is 11.6 Å². The highest BCUT2D eigenvalue weighted by atomic mass is 35.5. The lowest BCUT2D eigenvalue weighted by molar-refractivity contribution is -0.131. The molecule has 0 spiro atoms. The monoisotopic (exact) mass is 431 g/mol. The molecule has 2 aromatic rings. The number of likely N-dealkylation sites (N-methyl/N-ethyl adjacent to an activating group) is 1. The van der Waals surface area contributed by atoms with Crippen molar-refractivity contribution in [1.82, 2.24) is 20.5 Å². The van der Waals surface area contributed by atoms with Crippen molar-refractivity contribution in [2.75, 3.05) is 39.1 Å². The zero-order chi connectivity index (χ0) is 21.5. The van der Waals surface area contributed by atoms with E-state index in [2.05, 4.69) is 20.9 Å². The molecule has 0 bridgehead atoms. The fourth-order valence-corrected chi connectivity index (χ4v) is 3.64. The first-order chi connectivity index (χ1) is 14.5. The second kappa shape index (κ2) is 10.3. The minimum Gasteiger partial charge on any atom is -0.495 e. The van der Waals surface area contributed by atoms with Crippen LogP contribution in [0.3, 0.4) is 0 Å². The third kappa shape index (κ3) is 5.61.